The van der Waals surface area contributed by atoms with E-state index in [9.17, 15) is 19.5 Å². The van der Waals surface area contributed by atoms with Gasteiger partial charge in [-0.3, -0.25) is 19.8 Å². The number of azide groups is 1. The van der Waals surface area contributed by atoms with Crippen LogP contribution in [0.5, 0.6) is 0 Å². The van der Waals surface area contributed by atoms with Crippen molar-refractivity contribution in [2.24, 2.45) is 10.5 Å². The largest absolute Gasteiger partial charge is 0.481 e. The Bertz CT molecular complexity index is 591. The van der Waals surface area contributed by atoms with E-state index in [0.29, 0.717) is 0 Å². The van der Waals surface area contributed by atoms with E-state index >= 15 is 0 Å². The number of aliphatic hydroxyl groups is 1. The molecule has 0 aromatic heterocycles. The van der Waals surface area contributed by atoms with Gasteiger partial charge in [-0.15, -0.1) is 0 Å². The van der Waals surface area contributed by atoms with E-state index in [0.717, 1.165) is 0 Å². The Hall–Kier alpha value is -2.36. The highest BCUT2D eigenvalue weighted by Crippen LogP contribution is 2.33. The molecule has 2 rings (SSSR count). The van der Waals surface area contributed by atoms with Crippen molar-refractivity contribution in [1.29, 1.82) is 0 Å². The third kappa shape index (κ3) is 3.58. The second-order valence-electron chi connectivity index (χ2n) is 6.16. The van der Waals surface area contributed by atoms with E-state index in [1.165, 1.54) is 4.90 Å². The molecule has 0 spiro atoms. The van der Waals surface area contributed by atoms with Crippen molar-refractivity contribution in [2.45, 2.75) is 44.6 Å². The summed E-state index contributed by atoms with van der Waals surface area (Å²) in [5.74, 6) is -1.57. The minimum Gasteiger partial charge on any atom is -0.481 e. The molecule has 0 saturated carbocycles. The van der Waals surface area contributed by atoms with E-state index < -0.39 is 41.7 Å². The molecule has 11 heteroatoms. The molecule has 0 radical (unpaired) electrons. The summed E-state index contributed by atoms with van der Waals surface area (Å²) >= 11 is 0. The van der Waals surface area contributed by atoms with Crippen LogP contribution in [0, 0.1) is 5.41 Å². The van der Waals surface area contributed by atoms with Crippen LogP contribution in [0.2, 0.25) is 0 Å². The normalized spacial score (nSPS) is 33.1. The molecule has 11 nitrogen and oxygen atoms in total. The summed E-state index contributed by atoms with van der Waals surface area (Å²) in [4.78, 5) is 39.0. The molecule has 2 fully saturated rings. The Labute approximate surface area is 137 Å². The van der Waals surface area contributed by atoms with Gasteiger partial charge < -0.3 is 14.9 Å². The Balaban J connectivity index is 2.14. The molecule has 3 N–H and O–H groups in total. The Morgan fingerprint density at radius 2 is 2.29 bits per heavy atom. The molecule has 0 aromatic carbocycles. The Morgan fingerprint density at radius 1 is 1.58 bits per heavy atom. The van der Waals surface area contributed by atoms with Gasteiger partial charge in [-0.1, -0.05) is 5.11 Å². The number of hydrogen-bond acceptors (Lipinski definition) is 6. The lowest BCUT2D eigenvalue weighted by molar-refractivity contribution is -0.141. The van der Waals surface area contributed by atoms with Crippen LogP contribution in [0.25, 0.3) is 10.4 Å². The molecular weight excluding hydrogens is 322 g/mol. The number of rotatable bonds is 6. The number of carboxylic acid groups (broad SMARTS) is 1. The van der Waals surface area contributed by atoms with Crippen LogP contribution in [-0.4, -0.2) is 64.5 Å². The van der Waals surface area contributed by atoms with Crippen LogP contribution in [0.1, 0.15) is 26.2 Å². The van der Waals surface area contributed by atoms with Crippen LogP contribution in [0.15, 0.2) is 5.11 Å². The standard InChI is InChI=1S/C13H19N5O6/c1-13(3-2-10(20)21)6-18(12(23)15-11(13)22)9-4-7(16-17-14)8(5-19)24-9/h7-9,19H,2-6H2,1H3,(H,20,21)(H,15,22,23). The number of ether oxygens (including phenoxy) is 1. The number of carbonyl (C=O) groups excluding carboxylic acids is 2. The SMILES string of the molecule is CC1(CCC(=O)O)CN(C2CC(N=[N+]=[N-])C(CO)O2)C(=O)NC1=O. The lowest BCUT2D eigenvalue weighted by Gasteiger charge is -2.41. The van der Waals surface area contributed by atoms with E-state index in [-0.39, 0.29) is 32.4 Å². The summed E-state index contributed by atoms with van der Waals surface area (Å²) in [5.41, 5.74) is 7.49. The predicted octanol–water partition coefficient (Wildman–Crippen LogP) is 0.196. The lowest BCUT2D eigenvalue weighted by Crippen LogP contribution is -2.62. The maximum Gasteiger partial charge on any atom is 0.326 e. The van der Waals surface area contributed by atoms with Crippen molar-refractivity contribution in [3.05, 3.63) is 10.4 Å². The molecule has 2 aliphatic heterocycles. The summed E-state index contributed by atoms with van der Waals surface area (Å²) in [6.45, 7) is 1.19. The quantitative estimate of drug-likeness (QED) is 0.354. The van der Waals surface area contributed by atoms with Gasteiger partial charge in [0.1, 0.15) is 6.23 Å². The summed E-state index contributed by atoms with van der Waals surface area (Å²) < 4.78 is 5.56. The van der Waals surface area contributed by atoms with Gasteiger partial charge in [-0.25, -0.2) is 4.79 Å². The zero-order valence-electron chi connectivity index (χ0n) is 13.1. The number of aliphatic carboxylic acids is 1. The first-order valence-corrected chi connectivity index (χ1v) is 7.45. The molecule has 0 aliphatic carbocycles. The van der Waals surface area contributed by atoms with Crippen molar-refractivity contribution >= 4 is 17.9 Å². The van der Waals surface area contributed by atoms with Crippen LogP contribution in [0.3, 0.4) is 0 Å². The molecular formula is C13H19N5O6. The maximum absolute atomic E-state index is 12.1. The van der Waals surface area contributed by atoms with Crippen molar-refractivity contribution < 1.29 is 29.3 Å². The van der Waals surface area contributed by atoms with Crippen molar-refractivity contribution in [3.63, 3.8) is 0 Å². The topological polar surface area (TPSA) is 165 Å². The Kier molecular flexibility index (Phi) is 5.27. The van der Waals surface area contributed by atoms with Crippen LogP contribution >= 0.6 is 0 Å². The van der Waals surface area contributed by atoms with Gasteiger partial charge in [0, 0.05) is 24.3 Å². The van der Waals surface area contributed by atoms with Crippen molar-refractivity contribution in [3.8, 4) is 0 Å². The average Bonchev–Trinajstić information content (AvgIpc) is 2.92. The fourth-order valence-corrected chi connectivity index (χ4v) is 2.91. The summed E-state index contributed by atoms with van der Waals surface area (Å²) in [6.07, 6.45) is -1.46. The van der Waals surface area contributed by atoms with Gasteiger partial charge in [0.05, 0.1) is 24.2 Å². The first-order valence-electron chi connectivity index (χ1n) is 7.45. The van der Waals surface area contributed by atoms with E-state index in [4.69, 9.17) is 15.4 Å². The molecule has 3 amide bonds. The van der Waals surface area contributed by atoms with Gasteiger partial charge in [0.2, 0.25) is 5.91 Å². The van der Waals surface area contributed by atoms with Gasteiger partial charge in [-0.05, 0) is 18.9 Å². The van der Waals surface area contributed by atoms with Gasteiger partial charge in [-0.2, -0.15) is 0 Å². The number of aliphatic hydroxyl groups excluding tert-OH is 1. The zero-order valence-corrected chi connectivity index (χ0v) is 13.1. The molecule has 132 valence electrons. The fraction of sp³-hybridized carbons (Fsp3) is 0.769. The molecule has 4 unspecified atom stereocenters. The number of hydrogen-bond donors (Lipinski definition) is 3. The highest BCUT2D eigenvalue weighted by molar-refractivity contribution is 6.00. The van der Waals surface area contributed by atoms with Crippen molar-refractivity contribution in [2.75, 3.05) is 13.2 Å². The lowest BCUT2D eigenvalue weighted by atomic mass is 9.82. The zero-order chi connectivity index (χ0) is 17.9. The van der Waals surface area contributed by atoms with Gasteiger partial charge in [0.15, 0.2) is 0 Å². The maximum atomic E-state index is 12.1. The molecule has 24 heavy (non-hydrogen) atoms. The molecule has 0 bridgehead atoms. The second-order valence-corrected chi connectivity index (χ2v) is 6.16. The molecule has 2 heterocycles. The summed E-state index contributed by atoms with van der Waals surface area (Å²) in [5, 5.41) is 23.9. The minimum atomic E-state index is -1.07. The first kappa shape index (κ1) is 18.0. The number of carbonyl (C=O) groups is 3. The number of carboxylic acids is 1. The molecule has 0 aromatic rings. The third-order valence-corrected chi connectivity index (χ3v) is 4.37. The van der Waals surface area contributed by atoms with Gasteiger partial charge >= 0.3 is 12.0 Å². The number of nitrogens with one attached hydrogen (secondary N) is 1. The third-order valence-electron chi connectivity index (χ3n) is 4.37. The van der Waals surface area contributed by atoms with Crippen molar-refractivity contribution in [1.82, 2.24) is 10.2 Å². The number of urea groups is 1. The minimum absolute atomic E-state index is 0.0171. The predicted molar refractivity (Wildman–Crippen MR) is 78.5 cm³/mol. The Morgan fingerprint density at radius 3 is 2.88 bits per heavy atom. The molecule has 2 aliphatic rings. The second kappa shape index (κ2) is 7.04. The summed E-state index contributed by atoms with van der Waals surface area (Å²) in [7, 11) is 0. The fourth-order valence-electron chi connectivity index (χ4n) is 2.91. The highest BCUT2D eigenvalue weighted by Gasteiger charge is 2.47. The smallest absolute Gasteiger partial charge is 0.326 e. The van der Waals surface area contributed by atoms with E-state index in [1.54, 1.807) is 6.92 Å². The van der Waals surface area contributed by atoms with E-state index in [1.807, 2.05) is 0 Å². The number of amides is 3. The van der Waals surface area contributed by atoms with E-state index in [2.05, 4.69) is 15.3 Å². The van der Waals surface area contributed by atoms with Crippen LogP contribution < -0.4 is 5.32 Å². The number of nitrogens with zero attached hydrogens (tertiary/aromatic N) is 4. The first-order chi connectivity index (χ1) is 11.3. The molecule has 4 atom stereocenters. The average molecular weight is 341 g/mol. The monoisotopic (exact) mass is 341 g/mol. The van der Waals surface area contributed by atoms with Gasteiger partial charge in [0.25, 0.3) is 0 Å². The van der Waals surface area contributed by atoms with Crippen LogP contribution in [0.4, 0.5) is 4.79 Å². The molecule has 2 saturated heterocycles. The van der Waals surface area contributed by atoms with Crippen LogP contribution in [-0.2, 0) is 14.3 Å². The number of imide groups is 1. The highest BCUT2D eigenvalue weighted by atomic mass is 16.5. The summed E-state index contributed by atoms with van der Waals surface area (Å²) in [6, 6.07) is -1.28.